The van der Waals surface area contributed by atoms with Crippen molar-refractivity contribution in [3.8, 4) is 11.1 Å². The maximum absolute atomic E-state index is 13.0. The van der Waals surface area contributed by atoms with Crippen molar-refractivity contribution < 1.29 is 14.3 Å². The zero-order valence-corrected chi connectivity index (χ0v) is 17.1. The van der Waals surface area contributed by atoms with Gasteiger partial charge >= 0.3 is 6.09 Å². The largest absolute Gasteiger partial charge is 0.444 e. The van der Waals surface area contributed by atoms with Crippen LogP contribution in [0.2, 0.25) is 5.02 Å². The van der Waals surface area contributed by atoms with E-state index in [1.54, 1.807) is 0 Å². The first-order chi connectivity index (χ1) is 13.3. The fourth-order valence-electron chi connectivity index (χ4n) is 3.30. The molecule has 0 radical (unpaired) electrons. The molecule has 148 valence electrons. The third-order valence-corrected chi connectivity index (χ3v) is 4.86. The van der Waals surface area contributed by atoms with Gasteiger partial charge in [-0.05, 0) is 45.7 Å². The first kappa shape index (κ1) is 20.2. The first-order valence-electron chi connectivity index (χ1n) is 9.41. The lowest BCUT2D eigenvalue weighted by atomic mass is 10.0. The van der Waals surface area contributed by atoms with E-state index in [0.29, 0.717) is 23.7 Å². The number of rotatable bonds is 3. The summed E-state index contributed by atoms with van der Waals surface area (Å²) < 4.78 is 5.45. The lowest BCUT2D eigenvalue weighted by molar-refractivity contribution is -0.120. The lowest BCUT2D eigenvalue weighted by Crippen LogP contribution is -2.45. The molecule has 0 unspecified atom stereocenters. The van der Waals surface area contributed by atoms with Gasteiger partial charge in [-0.3, -0.25) is 9.69 Å². The Hall–Kier alpha value is -2.53. The van der Waals surface area contributed by atoms with Crippen LogP contribution in [0, 0.1) is 0 Å². The quantitative estimate of drug-likeness (QED) is 0.755. The summed E-state index contributed by atoms with van der Waals surface area (Å²) in [5, 5.41) is 3.59. The van der Waals surface area contributed by atoms with Crippen LogP contribution in [0.1, 0.15) is 33.6 Å². The molecule has 2 amide bonds. The molecule has 1 heterocycles. The second kappa shape index (κ2) is 8.23. The van der Waals surface area contributed by atoms with E-state index in [1.807, 2.05) is 69.3 Å². The first-order valence-corrected chi connectivity index (χ1v) is 9.78. The summed E-state index contributed by atoms with van der Waals surface area (Å²) in [6, 6.07) is 14.5. The SMILES string of the molecule is CC(C)(C)OC(=O)N1CCC[C@H]1C(=O)Nc1ccccc1-c1ccccc1Cl. The topological polar surface area (TPSA) is 58.6 Å². The van der Waals surface area contributed by atoms with Gasteiger partial charge in [0.15, 0.2) is 0 Å². The maximum Gasteiger partial charge on any atom is 0.410 e. The zero-order valence-electron chi connectivity index (χ0n) is 16.4. The summed E-state index contributed by atoms with van der Waals surface area (Å²) >= 11 is 6.34. The second-order valence-corrected chi connectivity index (χ2v) is 8.25. The van der Waals surface area contributed by atoms with Crippen LogP contribution in [0.25, 0.3) is 11.1 Å². The molecule has 5 nitrogen and oxygen atoms in total. The van der Waals surface area contributed by atoms with Crippen molar-refractivity contribution in [3.63, 3.8) is 0 Å². The monoisotopic (exact) mass is 400 g/mol. The van der Waals surface area contributed by atoms with E-state index >= 15 is 0 Å². The molecule has 0 bridgehead atoms. The highest BCUT2D eigenvalue weighted by Gasteiger charge is 2.36. The number of carbonyl (C=O) groups excluding carboxylic acids is 2. The summed E-state index contributed by atoms with van der Waals surface area (Å²) in [4.78, 5) is 27.0. The van der Waals surface area contributed by atoms with Crippen LogP contribution in [0.5, 0.6) is 0 Å². The number of para-hydroxylation sites is 1. The molecule has 6 heteroatoms. The van der Waals surface area contributed by atoms with Gasteiger partial charge in [-0.25, -0.2) is 4.79 Å². The molecular weight excluding hydrogens is 376 g/mol. The summed E-state index contributed by atoms with van der Waals surface area (Å²) in [5.41, 5.74) is 1.74. The van der Waals surface area contributed by atoms with E-state index < -0.39 is 17.7 Å². The molecule has 0 aromatic heterocycles. The van der Waals surface area contributed by atoms with E-state index in [2.05, 4.69) is 5.32 Å². The Kier molecular flexibility index (Phi) is 5.94. The average molecular weight is 401 g/mol. The summed E-state index contributed by atoms with van der Waals surface area (Å²) in [7, 11) is 0. The van der Waals surface area contributed by atoms with E-state index in [4.69, 9.17) is 16.3 Å². The van der Waals surface area contributed by atoms with Crippen LogP contribution >= 0.6 is 11.6 Å². The average Bonchev–Trinajstić information content (AvgIpc) is 3.11. The molecule has 1 N–H and O–H groups in total. The van der Waals surface area contributed by atoms with Crippen molar-refractivity contribution in [2.24, 2.45) is 0 Å². The number of nitrogens with zero attached hydrogens (tertiary/aromatic N) is 1. The third-order valence-electron chi connectivity index (χ3n) is 4.53. The zero-order chi connectivity index (χ0) is 20.3. The number of nitrogens with one attached hydrogen (secondary N) is 1. The highest BCUT2D eigenvalue weighted by Crippen LogP contribution is 2.33. The Bertz CT molecular complexity index is 876. The fraction of sp³-hybridized carbons (Fsp3) is 0.364. The Morgan fingerprint density at radius 1 is 1.07 bits per heavy atom. The molecule has 0 spiro atoms. The number of likely N-dealkylation sites (tertiary alicyclic amines) is 1. The maximum atomic E-state index is 13.0. The van der Waals surface area contributed by atoms with Gasteiger partial charge in [0.2, 0.25) is 5.91 Å². The Morgan fingerprint density at radius 2 is 1.71 bits per heavy atom. The molecule has 1 aliphatic heterocycles. The predicted molar refractivity (Wildman–Crippen MR) is 111 cm³/mol. The van der Waals surface area contributed by atoms with Gasteiger partial charge in [-0.1, -0.05) is 48.0 Å². The molecule has 28 heavy (non-hydrogen) atoms. The Balaban J connectivity index is 1.80. The normalized spacial score (nSPS) is 16.7. The highest BCUT2D eigenvalue weighted by molar-refractivity contribution is 6.33. The van der Waals surface area contributed by atoms with Gasteiger partial charge in [0, 0.05) is 28.4 Å². The number of amides is 2. The number of hydrogen-bond donors (Lipinski definition) is 1. The molecule has 1 aliphatic rings. The summed E-state index contributed by atoms with van der Waals surface area (Å²) in [6.45, 7) is 5.96. The molecule has 1 saturated heterocycles. The Morgan fingerprint density at radius 3 is 2.39 bits per heavy atom. The molecule has 3 rings (SSSR count). The van der Waals surface area contributed by atoms with Crippen LogP contribution in [-0.2, 0) is 9.53 Å². The summed E-state index contributed by atoms with van der Waals surface area (Å²) in [5.74, 6) is -0.220. The number of ether oxygens (including phenoxy) is 1. The lowest BCUT2D eigenvalue weighted by Gasteiger charge is -2.28. The number of benzene rings is 2. The van der Waals surface area contributed by atoms with Crippen molar-refractivity contribution >= 4 is 29.3 Å². The molecule has 1 fully saturated rings. The van der Waals surface area contributed by atoms with E-state index in [9.17, 15) is 9.59 Å². The van der Waals surface area contributed by atoms with Crippen LogP contribution in [0.3, 0.4) is 0 Å². The fourth-order valence-corrected chi connectivity index (χ4v) is 3.54. The Labute approximate surface area is 170 Å². The third kappa shape index (κ3) is 4.65. The van der Waals surface area contributed by atoms with Crippen LogP contribution in [0.15, 0.2) is 48.5 Å². The van der Waals surface area contributed by atoms with Crippen molar-refractivity contribution in [2.75, 3.05) is 11.9 Å². The van der Waals surface area contributed by atoms with Crippen LogP contribution in [-0.4, -0.2) is 35.1 Å². The van der Waals surface area contributed by atoms with E-state index in [-0.39, 0.29) is 5.91 Å². The van der Waals surface area contributed by atoms with Gasteiger partial charge in [0.25, 0.3) is 0 Å². The van der Waals surface area contributed by atoms with Crippen molar-refractivity contribution in [3.05, 3.63) is 53.6 Å². The smallest absolute Gasteiger partial charge is 0.410 e. The summed E-state index contributed by atoms with van der Waals surface area (Å²) in [6.07, 6.45) is 0.924. The number of hydrogen-bond acceptors (Lipinski definition) is 3. The number of anilines is 1. The van der Waals surface area contributed by atoms with Gasteiger partial charge < -0.3 is 10.1 Å². The molecule has 2 aromatic carbocycles. The van der Waals surface area contributed by atoms with Gasteiger partial charge in [0.05, 0.1) is 0 Å². The van der Waals surface area contributed by atoms with Gasteiger partial charge in [-0.15, -0.1) is 0 Å². The molecular formula is C22H25ClN2O3. The molecule has 0 aliphatic carbocycles. The highest BCUT2D eigenvalue weighted by atomic mass is 35.5. The minimum Gasteiger partial charge on any atom is -0.444 e. The minimum atomic E-state index is -0.600. The van der Waals surface area contributed by atoms with Crippen molar-refractivity contribution in [1.29, 1.82) is 0 Å². The van der Waals surface area contributed by atoms with Crippen LogP contribution < -0.4 is 5.32 Å². The van der Waals surface area contributed by atoms with Gasteiger partial charge in [0.1, 0.15) is 11.6 Å². The van der Waals surface area contributed by atoms with Crippen molar-refractivity contribution in [1.82, 2.24) is 4.90 Å². The molecule has 0 saturated carbocycles. The van der Waals surface area contributed by atoms with E-state index in [1.165, 1.54) is 4.90 Å². The van der Waals surface area contributed by atoms with Gasteiger partial charge in [-0.2, -0.15) is 0 Å². The van der Waals surface area contributed by atoms with E-state index in [0.717, 1.165) is 17.5 Å². The van der Waals surface area contributed by atoms with Crippen LogP contribution in [0.4, 0.5) is 10.5 Å². The number of halogens is 1. The molecule has 1 atom stereocenters. The standard InChI is InChI=1S/C22H25ClN2O3/c1-22(2,3)28-21(27)25-14-8-13-19(25)20(26)24-18-12-7-5-10-16(18)15-9-4-6-11-17(15)23/h4-7,9-12,19H,8,13-14H2,1-3H3,(H,24,26)/t19-/m0/s1. The van der Waals surface area contributed by atoms with Crippen molar-refractivity contribution in [2.45, 2.75) is 45.3 Å². The molecule has 2 aromatic rings. The second-order valence-electron chi connectivity index (χ2n) is 7.85. The number of carbonyl (C=O) groups is 2. The predicted octanol–water partition coefficient (Wildman–Crippen LogP) is 5.35. The minimum absolute atomic E-state index is 0.220.